The zero-order valence-corrected chi connectivity index (χ0v) is 8.89. The van der Waals surface area contributed by atoms with E-state index < -0.39 is 0 Å². The molecule has 2 heterocycles. The lowest BCUT2D eigenvalue weighted by Crippen LogP contribution is -2.24. The fraction of sp³-hybridized carbons (Fsp3) is 0.600. The van der Waals surface area contributed by atoms with Crippen molar-refractivity contribution in [2.75, 3.05) is 11.9 Å². The Kier molecular flexibility index (Phi) is 1.87. The highest BCUT2D eigenvalue weighted by Crippen LogP contribution is 2.20. The molecule has 0 aliphatic carbocycles. The van der Waals surface area contributed by atoms with Crippen molar-refractivity contribution in [3.63, 3.8) is 0 Å². The highest BCUT2D eigenvalue weighted by atomic mass is 15.3. The van der Waals surface area contributed by atoms with Crippen molar-refractivity contribution < 1.29 is 0 Å². The van der Waals surface area contributed by atoms with Gasteiger partial charge in [0.15, 0.2) is 0 Å². The van der Waals surface area contributed by atoms with Crippen LogP contribution in [0, 0.1) is 5.41 Å². The number of nitrogens with one attached hydrogen (secondary N) is 2. The fourth-order valence-corrected chi connectivity index (χ4v) is 1.55. The lowest BCUT2D eigenvalue weighted by molar-refractivity contribution is 0.560. The molecule has 0 spiro atoms. The first-order valence-electron chi connectivity index (χ1n) is 4.89. The lowest BCUT2D eigenvalue weighted by Gasteiger charge is -2.18. The maximum absolute atomic E-state index is 7.86. The molecule has 0 radical (unpaired) electrons. The molecule has 2 N–H and O–H groups in total. The van der Waals surface area contributed by atoms with E-state index >= 15 is 0 Å². The second-order valence-electron chi connectivity index (χ2n) is 4.68. The second kappa shape index (κ2) is 2.83. The van der Waals surface area contributed by atoms with Gasteiger partial charge in [-0.05, 0) is 0 Å². The predicted molar refractivity (Wildman–Crippen MR) is 55.3 cm³/mol. The molecule has 1 aliphatic rings. The van der Waals surface area contributed by atoms with Crippen LogP contribution in [-0.4, -0.2) is 16.1 Å². The van der Waals surface area contributed by atoms with Crippen LogP contribution < -0.4 is 10.8 Å². The van der Waals surface area contributed by atoms with Gasteiger partial charge in [-0.2, -0.15) is 0 Å². The molecular weight excluding hydrogens is 176 g/mol. The van der Waals surface area contributed by atoms with Gasteiger partial charge in [0.25, 0.3) is 0 Å². The van der Waals surface area contributed by atoms with Crippen LogP contribution in [0.3, 0.4) is 0 Å². The number of rotatable bonds is 0. The smallest absolute Gasteiger partial charge is 0.204 e. The van der Waals surface area contributed by atoms with Crippen molar-refractivity contribution in [1.29, 1.82) is 5.41 Å². The van der Waals surface area contributed by atoms with Crippen LogP contribution in [0.1, 0.15) is 26.5 Å². The topological polar surface area (TPSA) is 53.7 Å². The second-order valence-corrected chi connectivity index (χ2v) is 4.68. The van der Waals surface area contributed by atoms with E-state index in [-0.39, 0.29) is 5.41 Å². The molecule has 0 bridgehead atoms. The predicted octanol–water partition coefficient (Wildman–Crippen LogP) is 1.09. The Morgan fingerprint density at radius 1 is 1.50 bits per heavy atom. The van der Waals surface area contributed by atoms with E-state index in [9.17, 15) is 0 Å². The van der Waals surface area contributed by atoms with Crippen LogP contribution >= 0.6 is 0 Å². The minimum Gasteiger partial charge on any atom is -0.354 e. The first kappa shape index (κ1) is 9.24. The van der Waals surface area contributed by atoms with Crippen molar-refractivity contribution in [3.8, 4) is 0 Å². The number of aromatic nitrogens is 2. The molecule has 1 aromatic rings. The Morgan fingerprint density at radius 2 is 2.21 bits per heavy atom. The van der Waals surface area contributed by atoms with Crippen molar-refractivity contribution in [3.05, 3.63) is 17.2 Å². The van der Waals surface area contributed by atoms with Gasteiger partial charge in [-0.15, -0.1) is 0 Å². The molecule has 4 nitrogen and oxygen atoms in total. The molecule has 4 heteroatoms. The summed E-state index contributed by atoms with van der Waals surface area (Å²) in [4.78, 5) is 4.52. The van der Waals surface area contributed by atoms with Crippen LogP contribution in [-0.2, 0) is 12.0 Å². The van der Waals surface area contributed by atoms with Gasteiger partial charge < -0.3 is 5.32 Å². The molecule has 2 rings (SSSR count). The number of hydrogen-bond acceptors (Lipinski definition) is 3. The van der Waals surface area contributed by atoms with Crippen molar-refractivity contribution in [1.82, 2.24) is 9.55 Å². The molecule has 0 atom stereocenters. The summed E-state index contributed by atoms with van der Waals surface area (Å²) in [5.74, 6) is 0.836. The van der Waals surface area contributed by atoms with Crippen LogP contribution in [0.25, 0.3) is 0 Å². The first-order chi connectivity index (χ1) is 6.48. The summed E-state index contributed by atoms with van der Waals surface area (Å²) >= 11 is 0. The number of fused-ring (bicyclic) bond motifs is 1. The molecule has 14 heavy (non-hydrogen) atoms. The zero-order chi connectivity index (χ0) is 10.3. The monoisotopic (exact) mass is 192 g/mol. The molecule has 0 fully saturated rings. The summed E-state index contributed by atoms with van der Waals surface area (Å²) in [7, 11) is 0. The van der Waals surface area contributed by atoms with Gasteiger partial charge in [-0.1, -0.05) is 20.8 Å². The quantitative estimate of drug-likeness (QED) is 0.646. The molecule has 0 saturated heterocycles. The SMILES string of the molecule is CC(C)(C)c1cc(=N)n2c(n1)NCC2. The Labute approximate surface area is 83.5 Å². The summed E-state index contributed by atoms with van der Waals surface area (Å²) in [5, 5.41) is 11.0. The van der Waals surface area contributed by atoms with E-state index in [2.05, 4.69) is 31.1 Å². The van der Waals surface area contributed by atoms with Crippen LogP contribution in [0.15, 0.2) is 6.07 Å². The van der Waals surface area contributed by atoms with Gasteiger partial charge in [-0.3, -0.25) is 9.98 Å². The van der Waals surface area contributed by atoms with E-state index in [0.29, 0.717) is 5.49 Å². The molecule has 0 aromatic carbocycles. The third-order valence-electron chi connectivity index (χ3n) is 2.43. The number of hydrogen-bond donors (Lipinski definition) is 2. The average Bonchev–Trinajstić information content (AvgIpc) is 2.50. The standard InChI is InChI=1S/C10H16N4/c1-10(2,3)7-6-8(11)14-5-4-12-9(14)13-7/h6,11H,4-5H2,1-3H3,(H,12,13). The van der Waals surface area contributed by atoms with Gasteiger partial charge in [0.2, 0.25) is 5.95 Å². The summed E-state index contributed by atoms with van der Waals surface area (Å²) in [6, 6.07) is 1.86. The third kappa shape index (κ3) is 1.41. The highest BCUT2D eigenvalue weighted by molar-refractivity contribution is 5.32. The normalized spacial score (nSPS) is 15.1. The average molecular weight is 192 g/mol. The Balaban J connectivity index is 2.58. The van der Waals surface area contributed by atoms with E-state index in [1.54, 1.807) is 0 Å². The minimum atomic E-state index is 0.00958. The highest BCUT2D eigenvalue weighted by Gasteiger charge is 2.19. The molecule has 0 amide bonds. The van der Waals surface area contributed by atoms with E-state index in [1.165, 1.54) is 0 Å². The van der Waals surface area contributed by atoms with Crippen molar-refractivity contribution in [2.24, 2.45) is 0 Å². The molecular formula is C10H16N4. The Bertz CT molecular complexity index is 411. The molecule has 0 saturated carbocycles. The lowest BCUT2D eigenvalue weighted by atomic mass is 9.92. The fourth-order valence-electron chi connectivity index (χ4n) is 1.55. The zero-order valence-electron chi connectivity index (χ0n) is 8.89. The Morgan fingerprint density at radius 3 is 2.86 bits per heavy atom. The summed E-state index contributed by atoms with van der Waals surface area (Å²) in [6.07, 6.45) is 0. The van der Waals surface area contributed by atoms with E-state index in [1.807, 2.05) is 10.6 Å². The summed E-state index contributed by atoms with van der Waals surface area (Å²) in [6.45, 7) is 8.07. The molecule has 76 valence electrons. The van der Waals surface area contributed by atoms with Crippen molar-refractivity contribution in [2.45, 2.75) is 32.7 Å². The van der Waals surface area contributed by atoms with Crippen LogP contribution in [0.5, 0.6) is 0 Å². The first-order valence-corrected chi connectivity index (χ1v) is 4.89. The maximum Gasteiger partial charge on any atom is 0.204 e. The van der Waals surface area contributed by atoms with Gasteiger partial charge >= 0.3 is 0 Å². The molecule has 0 unspecified atom stereocenters. The third-order valence-corrected chi connectivity index (χ3v) is 2.43. The van der Waals surface area contributed by atoms with Crippen LogP contribution in [0.4, 0.5) is 5.95 Å². The van der Waals surface area contributed by atoms with E-state index in [4.69, 9.17) is 5.41 Å². The number of nitrogens with zero attached hydrogens (tertiary/aromatic N) is 2. The molecule has 1 aliphatic heterocycles. The van der Waals surface area contributed by atoms with Crippen molar-refractivity contribution >= 4 is 5.95 Å². The van der Waals surface area contributed by atoms with Crippen LogP contribution in [0.2, 0.25) is 0 Å². The number of anilines is 1. The summed E-state index contributed by atoms with van der Waals surface area (Å²) in [5.41, 5.74) is 1.53. The van der Waals surface area contributed by atoms with Gasteiger partial charge in [0, 0.05) is 24.6 Å². The van der Waals surface area contributed by atoms with Gasteiger partial charge in [0.1, 0.15) is 5.49 Å². The van der Waals surface area contributed by atoms with Gasteiger partial charge in [0.05, 0.1) is 5.69 Å². The Hall–Kier alpha value is -1.32. The largest absolute Gasteiger partial charge is 0.354 e. The van der Waals surface area contributed by atoms with E-state index in [0.717, 1.165) is 24.7 Å². The maximum atomic E-state index is 7.86. The summed E-state index contributed by atoms with van der Waals surface area (Å²) < 4.78 is 1.90. The molecule has 1 aromatic heterocycles. The van der Waals surface area contributed by atoms with Gasteiger partial charge in [-0.25, -0.2) is 4.98 Å². The minimum absolute atomic E-state index is 0.00958.